The third kappa shape index (κ3) is 1.80. The van der Waals surface area contributed by atoms with E-state index in [2.05, 4.69) is 5.32 Å². The van der Waals surface area contributed by atoms with Gasteiger partial charge in [-0.15, -0.1) is 0 Å². The second-order valence-electron chi connectivity index (χ2n) is 3.65. The summed E-state index contributed by atoms with van der Waals surface area (Å²) in [4.78, 5) is 11.3. The molecular formula is C11H14N2O2. The summed E-state index contributed by atoms with van der Waals surface area (Å²) in [7, 11) is 1.40. The third-order valence-electron chi connectivity index (χ3n) is 2.74. The Morgan fingerprint density at radius 1 is 1.60 bits per heavy atom. The van der Waals surface area contributed by atoms with Crippen molar-refractivity contribution in [2.75, 3.05) is 12.8 Å². The molecule has 1 aliphatic rings. The highest BCUT2D eigenvalue weighted by molar-refractivity contribution is 5.76. The lowest BCUT2D eigenvalue weighted by Gasteiger charge is -2.25. The number of carbonyl (C=O) groups excluding carboxylic acids is 1. The Kier molecular flexibility index (Phi) is 2.60. The minimum Gasteiger partial charge on any atom is -0.468 e. The van der Waals surface area contributed by atoms with E-state index in [9.17, 15) is 4.79 Å². The summed E-state index contributed by atoms with van der Waals surface area (Å²) in [6.45, 7) is 0.627. The lowest BCUT2D eigenvalue weighted by atomic mass is 9.95. The maximum Gasteiger partial charge on any atom is 0.323 e. The van der Waals surface area contributed by atoms with Crippen LogP contribution in [0.15, 0.2) is 18.2 Å². The molecule has 1 unspecified atom stereocenters. The number of benzene rings is 1. The van der Waals surface area contributed by atoms with Crippen molar-refractivity contribution in [1.82, 2.24) is 5.32 Å². The van der Waals surface area contributed by atoms with Gasteiger partial charge in [-0.2, -0.15) is 0 Å². The van der Waals surface area contributed by atoms with Crippen molar-refractivity contribution in [3.05, 3.63) is 29.3 Å². The molecule has 1 aromatic rings. The Labute approximate surface area is 88.4 Å². The van der Waals surface area contributed by atoms with Crippen LogP contribution in [0.1, 0.15) is 11.1 Å². The number of nitrogen functional groups attached to an aromatic ring is 1. The van der Waals surface area contributed by atoms with Crippen molar-refractivity contribution in [2.24, 2.45) is 0 Å². The highest BCUT2D eigenvalue weighted by Gasteiger charge is 2.25. The fourth-order valence-corrected chi connectivity index (χ4v) is 1.89. The molecule has 80 valence electrons. The Morgan fingerprint density at radius 3 is 3.13 bits per heavy atom. The molecule has 0 bridgehead atoms. The van der Waals surface area contributed by atoms with Gasteiger partial charge < -0.3 is 10.5 Å². The molecule has 4 nitrogen and oxygen atoms in total. The summed E-state index contributed by atoms with van der Waals surface area (Å²) in [5, 5.41) is 3.11. The zero-order valence-corrected chi connectivity index (χ0v) is 8.62. The molecule has 0 saturated heterocycles. The van der Waals surface area contributed by atoms with Crippen LogP contribution in [0, 0.1) is 0 Å². The summed E-state index contributed by atoms with van der Waals surface area (Å²) in [6.07, 6.45) is 0.646. The number of nitrogens with one attached hydrogen (secondary N) is 1. The van der Waals surface area contributed by atoms with E-state index in [-0.39, 0.29) is 12.0 Å². The zero-order chi connectivity index (χ0) is 10.8. The number of anilines is 1. The number of fused-ring (bicyclic) bond motifs is 1. The van der Waals surface area contributed by atoms with Crippen LogP contribution in [0.25, 0.3) is 0 Å². The third-order valence-corrected chi connectivity index (χ3v) is 2.74. The predicted octanol–water partition coefficient (Wildman–Crippen LogP) is 0.456. The van der Waals surface area contributed by atoms with E-state index >= 15 is 0 Å². The van der Waals surface area contributed by atoms with Crippen molar-refractivity contribution in [2.45, 2.75) is 19.0 Å². The van der Waals surface area contributed by atoms with Crippen molar-refractivity contribution in [1.29, 1.82) is 0 Å². The molecule has 1 aliphatic heterocycles. The van der Waals surface area contributed by atoms with E-state index < -0.39 is 0 Å². The quantitative estimate of drug-likeness (QED) is 0.517. The van der Waals surface area contributed by atoms with E-state index in [1.54, 1.807) is 0 Å². The van der Waals surface area contributed by atoms with Crippen molar-refractivity contribution < 1.29 is 9.53 Å². The predicted molar refractivity (Wildman–Crippen MR) is 57.2 cm³/mol. The molecule has 0 radical (unpaired) electrons. The number of esters is 1. The maximum absolute atomic E-state index is 11.3. The smallest absolute Gasteiger partial charge is 0.323 e. The van der Waals surface area contributed by atoms with Crippen molar-refractivity contribution >= 4 is 11.7 Å². The first-order chi connectivity index (χ1) is 7.22. The normalized spacial score (nSPS) is 19.4. The Hall–Kier alpha value is -1.55. The minimum atomic E-state index is -0.246. The second-order valence-corrected chi connectivity index (χ2v) is 3.65. The number of rotatable bonds is 1. The first-order valence-electron chi connectivity index (χ1n) is 4.90. The molecule has 1 atom stereocenters. The molecule has 15 heavy (non-hydrogen) atoms. The van der Waals surface area contributed by atoms with Gasteiger partial charge in [0, 0.05) is 12.2 Å². The Balaban J connectivity index is 2.24. The molecule has 0 fully saturated rings. The summed E-state index contributed by atoms with van der Waals surface area (Å²) >= 11 is 0. The molecule has 4 heteroatoms. The fraction of sp³-hybridized carbons (Fsp3) is 0.364. The van der Waals surface area contributed by atoms with E-state index in [4.69, 9.17) is 10.5 Å². The Bertz CT molecular complexity index is 390. The van der Waals surface area contributed by atoms with Gasteiger partial charge in [0.15, 0.2) is 0 Å². The molecule has 3 N–H and O–H groups in total. The number of methoxy groups -OCH3 is 1. The lowest BCUT2D eigenvalue weighted by molar-refractivity contribution is -0.143. The summed E-state index contributed by atoms with van der Waals surface area (Å²) < 4.78 is 4.70. The SMILES string of the molecule is COC(=O)C1Cc2cccc(N)c2CN1. The minimum absolute atomic E-state index is 0.219. The first-order valence-corrected chi connectivity index (χ1v) is 4.90. The molecule has 2 rings (SSSR count). The van der Waals surface area contributed by atoms with Crippen LogP contribution in [-0.4, -0.2) is 19.1 Å². The van der Waals surface area contributed by atoms with Crippen LogP contribution in [0.4, 0.5) is 5.69 Å². The summed E-state index contributed by atoms with van der Waals surface area (Å²) in [6, 6.07) is 5.54. The van der Waals surface area contributed by atoms with Crippen LogP contribution in [0.3, 0.4) is 0 Å². The molecule has 1 aromatic carbocycles. The first kappa shape index (κ1) is 9.98. The van der Waals surface area contributed by atoms with E-state index in [1.807, 2.05) is 18.2 Å². The molecular weight excluding hydrogens is 192 g/mol. The lowest BCUT2D eigenvalue weighted by Crippen LogP contribution is -2.42. The van der Waals surface area contributed by atoms with Crippen LogP contribution >= 0.6 is 0 Å². The molecule has 1 heterocycles. The van der Waals surface area contributed by atoms with Gasteiger partial charge in [-0.3, -0.25) is 10.1 Å². The zero-order valence-electron chi connectivity index (χ0n) is 8.62. The molecule has 0 spiro atoms. The number of nitrogens with two attached hydrogens (primary N) is 1. The highest BCUT2D eigenvalue weighted by Crippen LogP contribution is 2.22. The number of ether oxygens (including phenoxy) is 1. The second kappa shape index (κ2) is 3.90. The van der Waals surface area contributed by atoms with E-state index in [0.717, 1.165) is 16.8 Å². The standard InChI is InChI=1S/C11H14N2O2/c1-15-11(14)10-5-7-3-2-4-9(12)8(7)6-13-10/h2-4,10,13H,5-6,12H2,1H3. The molecule has 0 saturated carbocycles. The molecule has 0 aromatic heterocycles. The number of hydrogen-bond donors (Lipinski definition) is 2. The topological polar surface area (TPSA) is 64.3 Å². The van der Waals surface area contributed by atoms with Gasteiger partial charge >= 0.3 is 5.97 Å². The van der Waals surface area contributed by atoms with Crippen molar-refractivity contribution in [3.8, 4) is 0 Å². The average molecular weight is 206 g/mol. The summed E-state index contributed by atoms with van der Waals surface area (Å²) in [5.41, 5.74) is 8.84. The molecule has 0 aliphatic carbocycles. The number of hydrogen-bond acceptors (Lipinski definition) is 4. The van der Waals surface area contributed by atoms with Crippen molar-refractivity contribution in [3.63, 3.8) is 0 Å². The van der Waals surface area contributed by atoms with Crippen LogP contribution in [-0.2, 0) is 22.5 Å². The van der Waals surface area contributed by atoms with E-state index in [0.29, 0.717) is 13.0 Å². The van der Waals surface area contributed by atoms with Gasteiger partial charge in [-0.1, -0.05) is 12.1 Å². The van der Waals surface area contributed by atoms with Gasteiger partial charge in [0.05, 0.1) is 7.11 Å². The van der Waals surface area contributed by atoms with Crippen LogP contribution < -0.4 is 11.1 Å². The van der Waals surface area contributed by atoms with Crippen LogP contribution in [0.2, 0.25) is 0 Å². The van der Waals surface area contributed by atoms with Gasteiger partial charge in [0.1, 0.15) is 6.04 Å². The largest absolute Gasteiger partial charge is 0.468 e. The average Bonchev–Trinajstić information content (AvgIpc) is 2.28. The van der Waals surface area contributed by atoms with Gasteiger partial charge in [-0.05, 0) is 23.6 Å². The highest BCUT2D eigenvalue weighted by atomic mass is 16.5. The van der Waals surface area contributed by atoms with Crippen LogP contribution in [0.5, 0.6) is 0 Å². The summed E-state index contributed by atoms with van der Waals surface area (Å²) in [5.74, 6) is -0.219. The fourth-order valence-electron chi connectivity index (χ4n) is 1.89. The molecule has 0 amide bonds. The van der Waals surface area contributed by atoms with Gasteiger partial charge in [0.25, 0.3) is 0 Å². The van der Waals surface area contributed by atoms with E-state index in [1.165, 1.54) is 7.11 Å². The maximum atomic E-state index is 11.3. The monoisotopic (exact) mass is 206 g/mol. The van der Waals surface area contributed by atoms with Gasteiger partial charge in [-0.25, -0.2) is 0 Å². The Morgan fingerprint density at radius 2 is 2.40 bits per heavy atom. The van der Waals surface area contributed by atoms with Gasteiger partial charge in [0.2, 0.25) is 0 Å². The number of carbonyl (C=O) groups is 1.